The molecule has 0 aliphatic heterocycles. The number of carbonyl (C=O) groups excluding carboxylic acids is 1. The molecule has 1 aromatic carbocycles. The third-order valence-corrected chi connectivity index (χ3v) is 6.12. The maximum absolute atomic E-state index is 12.1. The summed E-state index contributed by atoms with van der Waals surface area (Å²) in [4.78, 5) is 12.1. The van der Waals surface area contributed by atoms with Crippen LogP contribution in [0.2, 0.25) is 0 Å². The van der Waals surface area contributed by atoms with E-state index in [4.69, 9.17) is 0 Å². The van der Waals surface area contributed by atoms with Crippen LogP contribution in [0.25, 0.3) is 0 Å². The summed E-state index contributed by atoms with van der Waals surface area (Å²) in [6.07, 6.45) is 7.53. The lowest BCUT2D eigenvalue weighted by Crippen LogP contribution is -2.33. The molecular formula is C21H36N2O3S. The molecule has 0 bridgehead atoms. The fraction of sp³-hybridized carbons (Fsp3) is 0.667. The summed E-state index contributed by atoms with van der Waals surface area (Å²) in [6, 6.07) is 7.56. The van der Waals surface area contributed by atoms with Crippen molar-refractivity contribution < 1.29 is 13.2 Å². The SMILES string of the molecule is CCCCC(CC)CNC(=O)CCCN(c1ccc(CC)cc1)S(C)(=O)=O. The second kappa shape index (κ2) is 12.0. The van der Waals surface area contributed by atoms with Gasteiger partial charge in [-0.25, -0.2) is 8.42 Å². The van der Waals surface area contributed by atoms with Crippen molar-refractivity contribution in [2.45, 2.75) is 65.7 Å². The Morgan fingerprint density at radius 1 is 1.11 bits per heavy atom. The molecule has 0 saturated carbocycles. The first-order chi connectivity index (χ1) is 12.8. The molecule has 0 heterocycles. The third kappa shape index (κ3) is 8.78. The second-order valence-electron chi connectivity index (χ2n) is 7.18. The fourth-order valence-electron chi connectivity index (χ4n) is 3.06. The van der Waals surface area contributed by atoms with Gasteiger partial charge in [0.15, 0.2) is 0 Å². The van der Waals surface area contributed by atoms with E-state index >= 15 is 0 Å². The number of aryl methyl sites for hydroxylation is 1. The molecule has 0 saturated heterocycles. The zero-order valence-corrected chi connectivity index (χ0v) is 18.1. The number of amides is 1. The summed E-state index contributed by atoms with van der Waals surface area (Å²) in [5.41, 5.74) is 1.82. The lowest BCUT2D eigenvalue weighted by Gasteiger charge is -2.22. The van der Waals surface area contributed by atoms with Crippen LogP contribution >= 0.6 is 0 Å². The first kappa shape index (κ1) is 23.5. The van der Waals surface area contributed by atoms with E-state index in [0.717, 1.165) is 19.3 Å². The minimum absolute atomic E-state index is 0.000250. The van der Waals surface area contributed by atoms with Gasteiger partial charge in [0, 0.05) is 19.5 Å². The van der Waals surface area contributed by atoms with Gasteiger partial charge in [0.25, 0.3) is 0 Å². The number of nitrogens with zero attached hydrogens (tertiary/aromatic N) is 1. The minimum atomic E-state index is -3.37. The molecule has 0 spiro atoms. The maximum atomic E-state index is 12.1. The largest absolute Gasteiger partial charge is 0.356 e. The highest BCUT2D eigenvalue weighted by atomic mass is 32.2. The summed E-state index contributed by atoms with van der Waals surface area (Å²) in [6.45, 7) is 7.41. The van der Waals surface area contributed by atoms with Crippen LogP contribution in [0.15, 0.2) is 24.3 Å². The molecule has 1 amide bonds. The first-order valence-electron chi connectivity index (χ1n) is 10.1. The molecule has 0 aliphatic carbocycles. The van der Waals surface area contributed by atoms with Gasteiger partial charge < -0.3 is 5.32 Å². The summed E-state index contributed by atoms with van der Waals surface area (Å²) in [5, 5.41) is 3.00. The fourth-order valence-corrected chi connectivity index (χ4v) is 4.02. The quantitative estimate of drug-likeness (QED) is 0.545. The zero-order chi connectivity index (χ0) is 20.3. The highest BCUT2D eigenvalue weighted by Gasteiger charge is 2.17. The number of unbranched alkanes of at least 4 members (excludes halogenated alkanes) is 1. The predicted molar refractivity (Wildman–Crippen MR) is 114 cm³/mol. The Balaban J connectivity index is 2.52. The average Bonchev–Trinajstić information content (AvgIpc) is 2.64. The number of hydrogen-bond donors (Lipinski definition) is 1. The predicted octanol–water partition coefficient (Wildman–Crippen LogP) is 4.13. The Morgan fingerprint density at radius 3 is 2.30 bits per heavy atom. The van der Waals surface area contributed by atoms with Crippen molar-refractivity contribution in [1.82, 2.24) is 5.32 Å². The highest BCUT2D eigenvalue weighted by molar-refractivity contribution is 7.92. The van der Waals surface area contributed by atoms with Crippen molar-refractivity contribution in [3.05, 3.63) is 29.8 Å². The van der Waals surface area contributed by atoms with E-state index in [9.17, 15) is 13.2 Å². The summed E-state index contributed by atoms with van der Waals surface area (Å²) in [7, 11) is -3.37. The van der Waals surface area contributed by atoms with Gasteiger partial charge in [-0.2, -0.15) is 0 Å². The molecule has 1 atom stereocenters. The second-order valence-corrected chi connectivity index (χ2v) is 9.09. The normalized spacial score (nSPS) is 12.6. The van der Waals surface area contributed by atoms with E-state index in [2.05, 4.69) is 26.1 Å². The maximum Gasteiger partial charge on any atom is 0.232 e. The van der Waals surface area contributed by atoms with Crippen LogP contribution in [0, 0.1) is 5.92 Å². The Morgan fingerprint density at radius 2 is 1.78 bits per heavy atom. The molecular weight excluding hydrogens is 360 g/mol. The molecule has 1 unspecified atom stereocenters. The van der Waals surface area contributed by atoms with Crippen molar-refractivity contribution in [3.63, 3.8) is 0 Å². The minimum Gasteiger partial charge on any atom is -0.356 e. The number of rotatable bonds is 13. The zero-order valence-electron chi connectivity index (χ0n) is 17.3. The number of hydrogen-bond acceptors (Lipinski definition) is 3. The monoisotopic (exact) mass is 396 g/mol. The van der Waals surface area contributed by atoms with Gasteiger partial charge in [-0.15, -0.1) is 0 Å². The Bertz CT molecular complexity index is 657. The Kier molecular flexibility index (Phi) is 10.4. The van der Waals surface area contributed by atoms with Crippen molar-refractivity contribution >= 4 is 21.6 Å². The summed E-state index contributed by atoms with van der Waals surface area (Å²) >= 11 is 0. The van der Waals surface area contributed by atoms with Gasteiger partial charge in [-0.1, -0.05) is 52.2 Å². The van der Waals surface area contributed by atoms with Crippen molar-refractivity contribution in [2.75, 3.05) is 23.7 Å². The smallest absolute Gasteiger partial charge is 0.232 e. The molecule has 1 rings (SSSR count). The van der Waals surface area contributed by atoms with Gasteiger partial charge in [0.05, 0.1) is 11.9 Å². The van der Waals surface area contributed by atoms with E-state index < -0.39 is 10.0 Å². The van der Waals surface area contributed by atoms with Crippen LogP contribution in [0.3, 0.4) is 0 Å². The van der Waals surface area contributed by atoms with Crippen LogP contribution in [-0.2, 0) is 21.2 Å². The van der Waals surface area contributed by atoms with Gasteiger partial charge in [-0.3, -0.25) is 9.10 Å². The number of nitrogens with one attached hydrogen (secondary N) is 1. The third-order valence-electron chi connectivity index (χ3n) is 4.93. The lowest BCUT2D eigenvalue weighted by molar-refractivity contribution is -0.121. The van der Waals surface area contributed by atoms with Crippen LogP contribution < -0.4 is 9.62 Å². The van der Waals surface area contributed by atoms with Crippen molar-refractivity contribution in [3.8, 4) is 0 Å². The van der Waals surface area contributed by atoms with E-state index in [-0.39, 0.29) is 5.91 Å². The molecule has 154 valence electrons. The average molecular weight is 397 g/mol. The molecule has 0 aromatic heterocycles. The molecule has 5 nitrogen and oxygen atoms in total. The summed E-state index contributed by atoms with van der Waals surface area (Å²) in [5.74, 6) is 0.526. The Labute approximate surface area is 165 Å². The number of anilines is 1. The van der Waals surface area contributed by atoms with E-state index in [1.54, 1.807) is 0 Å². The molecule has 27 heavy (non-hydrogen) atoms. The van der Waals surface area contributed by atoms with Gasteiger partial charge >= 0.3 is 0 Å². The standard InChI is InChI=1S/C21H36N2O3S/c1-5-8-10-19(7-3)17-22-21(24)11-9-16-23(27(4,25)26)20-14-12-18(6-2)13-15-20/h12-15,19H,5-11,16-17H2,1-4H3,(H,22,24). The first-order valence-corrected chi connectivity index (χ1v) is 12.0. The number of carbonyl (C=O) groups is 1. The van der Waals surface area contributed by atoms with Crippen LogP contribution in [-0.4, -0.2) is 33.7 Å². The molecule has 1 N–H and O–H groups in total. The van der Waals surface area contributed by atoms with Gasteiger partial charge in [0.1, 0.15) is 0 Å². The van der Waals surface area contributed by atoms with Crippen LogP contribution in [0.1, 0.15) is 64.9 Å². The van der Waals surface area contributed by atoms with E-state index in [1.807, 2.05) is 24.3 Å². The molecule has 0 radical (unpaired) electrons. The van der Waals surface area contributed by atoms with Crippen LogP contribution in [0.5, 0.6) is 0 Å². The van der Waals surface area contributed by atoms with Crippen molar-refractivity contribution in [1.29, 1.82) is 0 Å². The molecule has 1 aromatic rings. The number of benzene rings is 1. The van der Waals surface area contributed by atoms with Crippen molar-refractivity contribution in [2.24, 2.45) is 5.92 Å². The molecule has 0 fully saturated rings. The van der Waals surface area contributed by atoms with Gasteiger partial charge in [-0.05, 0) is 42.9 Å². The summed E-state index contributed by atoms with van der Waals surface area (Å²) < 4.78 is 25.7. The highest BCUT2D eigenvalue weighted by Crippen LogP contribution is 2.19. The van der Waals surface area contributed by atoms with Gasteiger partial charge in [0.2, 0.25) is 15.9 Å². The van der Waals surface area contributed by atoms with E-state index in [1.165, 1.54) is 29.0 Å². The molecule has 6 heteroatoms. The van der Waals surface area contributed by atoms with E-state index in [0.29, 0.717) is 37.5 Å². The number of sulfonamides is 1. The molecule has 0 aliphatic rings. The lowest BCUT2D eigenvalue weighted by atomic mass is 9.99. The Hall–Kier alpha value is -1.56. The van der Waals surface area contributed by atoms with Crippen LogP contribution in [0.4, 0.5) is 5.69 Å². The topological polar surface area (TPSA) is 66.5 Å².